The van der Waals surface area contributed by atoms with Crippen molar-refractivity contribution in [1.82, 2.24) is 0 Å². The number of rotatable bonds is 6. The molecule has 1 aliphatic heterocycles. The molecule has 1 rings (SSSR count). The molecule has 0 bridgehead atoms. The van der Waals surface area contributed by atoms with Gasteiger partial charge in [0.25, 0.3) is 0 Å². The Hall–Kier alpha value is -0.610. The Morgan fingerprint density at radius 1 is 1.40 bits per heavy atom. The van der Waals surface area contributed by atoms with E-state index >= 15 is 0 Å². The monoisotopic (exact) mass is 216 g/mol. The number of hydrogen-bond donors (Lipinski definition) is 1. The van der Waals surface area contributed by atoms with E-state index in [0.29, 0.717) is 6.61 Å². The van der Waals surface area contributed by atoms with Gasteiger partial charge in [-0.15, -0.1) is 0 Å². The van der Waals surface area contributed by atoms with Crippen LogP contribution in [-0.2, 0) is 14.3 Å². The van der Waals surface area contributed by atoms with E-state index in [1.807, 2.05) is 13.8 Å². The third-order valence-corrected chi connectivity index (χ3v) is 2.48. The molecule has 1 N–H and O–H groups in total. The third kappa shape index (κ3) is 5.14. The first kappa shape index (κ1) is 12.5. The summed E-state index contributed by atoms with van der Waals surface area (Å²) in [7, 11) is 0. The molecule has 0 radical (unpaired) electrons. The SMILES string of the molecule is CC1(C)OC[C@H](CCCCCC(=O)O)O1. The van der Waals surface area contributed by atoms with E-state index in [-0.39, 0.29) is 12.5 Å². The average Bonchev–Trinajstić information content (AvgIpc) is 2.44. The molecule has 0 saturated carbocycles. The maximum absolute atomic E-state index is 10.3. The van der Waals surface area contributed by atoms with Gasteiger partial charge in [-0.2, -0.15) is 0 Å². The summed E-state index contributed by atoms with van der Waals surface area (Å²) in [5, 5.41) is 8.45. The molecule has 0 aliphatic carbocycles. The molecule has 0 unspecified atom stereocenters. The molecule has 1 heterocycles. The van der Waals surface area contributed by atoms with Gasteiger partial charge >= 0.3 is 5.97 Å². The Morgan fingerprint density at radius 3 is 2.67 bits per heavy atom. The highest BCUT2D eigenvalue weighted by Crippen LogP contribution is 2.25. The molecule has 0 amide bonds. The minimum Gasteiger partial charge on any atom is -0.481 e. The van der Waals surface area contributed by atoms with Crippen LogP contribution in [0.1, 0.15) is 46.0 Å². The van der Waals surface area contributed by atoms with Crippen molar-refractivity contribution in [3.8, 4) is 0 Å². The van der Waals surface area contributed by atoms with Crippen LogP contribution in [-0.4, -0.2) is 29.6 Å². The molecule has 1 saturated heterocycles. The number of carbonyl (C=O) groups is 1. The molecule has 0 aromatic carbocycles. The number of unbranched alkanes of at least 4 members (excludes halogenated alkanes) is 2. The molecule has 1 atom stereocenters. The first-order valence-corrected chi connectivity index (χ1v) is 5.53. The topological polar surface area (TPSA) is 55.8 Å². The van der Waals surface area contributed by atoms with E-state index in [0.717, 1.165) is 25.7 Å². The van der Waals surface area contributed by atoms with Crippen molar-refractivity contribution in [2.24, 2.45) is 0 Å². The minimum absolute atomic E-state index is 0.185. The molecule has 4 nitrogen and oxygen atoms in total. The fourth-order valence-corrected chi connectivity index (χ4v) is 1.73. The van der Waals surface area contributed by atoms with Crippen LogP contribution in [0.4, 0.5) is 0 Å². The molecule has 15 heavy (non-hydrogen) atoms. The Labute approximate surface area is 90.6 Å². The van der Waals surface area contributed by atoms with Gasteiger partial charge in [0, 0.05) is 6.42 Å². The third-order valence-electron chi connectivity index (χ3n) is 2.48. The van der Waals surface area contributed by atoms with Gasteiger partial charge in [-0.3, -0.25) is 4.79 Å². The van der Waals surface area contributed by atoms with Crippen LogP contribution < -0.4 is 0 Å². The second-order valence-electron chi connectivity index (χ2n) is 4.44. The van der Waals surface area contributed by atoms with Gasteiger partial charge in [0.15, 0.2) is 5.79 Å². The lowest BCUT2D eigenvalue weighted by Gasteiger charge is -2.16. The second-order valence-corrected chi connectivity index (χ2v) is 4.44. The molecule has 1 aliphatic rings. The number of hydrogen-bond acceptors (Lipinski definition) is 3. The Balaban J connectivity index is 1.99. The molecule has 88 valence electrons. The van der Waals surface area contributed by atoms with Crippen molar-refractivity contribution in [3.63, 3.8) is 0 Å². The molecule has 0 aromatic rings. The number of carboxylic acids is 1. The van der Waals surface area contributed by atoms with Crippen molar-refractivity contribution in [1.29, 1.82) is 0 Å². The minimum atomic E-state index is -0.711. The van der Waals surface area contributed by atoms with E-state index in [4.69, 9.17) is 14.6 Å². The summed E-state index contributed by atoms with van der Waals surface area (Å²) < 4.78 is 11.1. The molecular weight excluding hydrogens is 196 g/mol. The predicted octanol–water partition coefficient (Wildman–Crippen LogP) is 2.17. The summed E-state index contributed by atoms with van der Waals surface area (Å²) >= 11 is 0. The standard InChI is InChI=1S/C11H20O4/c1-11(2)14-8-9(15-11)6-4-3-5-7-10(12)13/h9H,3-8H2,1-2H3,(H,12,13)/t9-/m0/s1. The molecular formula is C11H20O4. The molecule has 4 heteroatoms. The lowest BCUT2D eigenvalue weighted by molar-refractivity contribution is -0.139. The van der Waals surface area contributed by atoms with Gasteiger partial charge in [-0.25, -0.2) is 0 Å². The summed E-state index contributed by atoms with van der Waals surface area (Å²) in [5.74, 6) is -1.15. The van der Waals surface area contributed by atoms with Crippen molar-refractivity contribution in [2.75, 3.05) is 6.61 Å². The Bertz CT molecular complexity index is 213. The Kier molecular flexibility index (Phi) is 4.54. The average molecular weight is 216 g/mol. The summed E-state index contributed by atoms with van der Waals surface area (Å²) in [6.45, 7) is 4.49. The normalized spacial score (nSPS) is 24.3. The van der Waals surface area contributed by atoms with Crippen molar-refractivity contribution in [2.45, 2.75) is 57.8 Å². The van der Waals surface area contributed by atoms with E-state index in [9.17, 15) is 4.79 Å². The summed E-state index contributed by atoms with van der Waals surface area (Å²) in [4.78, 5) is 10.3. The first-order chi connectivity index (χ1) is 6.99. The highest BCUT2D eigenvalue weighted by atomic mass is 16.7. The van der Waals surface area contributed by atoms with Crippen LogP contribution in [0, 0.1) is 0 Å². The first-order valence-electron chi connectivity index (χ1n) is 5.53. The zero-order valence-electron chi connectivity index (χ0n) is 9.49. The maximum Gasteiger partial charge on any atom is 0.303 e. The fraction of sp³-hybridized carbons (Fsp3) is 0.909. The van der Waals surface area contributed by atoms with Crippen molar-refractivity contribution in [3.05, 3.63) is 0 Å². The quantitative estimate of drug-likeness (QED) is 0.691. The van der Waals surface area contributed by atoms with E-state index in [2.05, 4.69) is 0 Å². The van der Waals surface area contributed by atoms with Gasteiger partial charge < -0.3 is 14.6 Å². The van der Waals surface area contributed by atoms with Crippen molar-refractivity contribution >= 4 is 5.97 Å². The zero-order chi connectivity index (χ0) is 11.3. The smallest absolute Gasteiger partial charge is 0.303 e. The summed E-state index contributed by atoms with van der Waals surface area (Å²) in [6, 6.07) is 0. The Morgan fingerprint density at radius 2 is 2.13 bits per heavy atom. The van der Waals surface area contributed by atoms with Crippen molar-refractivity contribution < 1.29 is 19.4 Å². The van der Waals surface area contributed by atoms with E-state index < -0.39 is 11.8 Å². The van der Waals surface area contributed by atoms with Gasteiger partial charge in [0.2, 0.25) is 0 Å². The van der Waals surface area contributed by atoms with Gasteiger partial charge in [0.1, 0.15) is 0 Å². The predicted molar refractivity (Wildman–Crippen MR) is 55.6 cm³/mol. The van der Waals surface area contributed by atoms with Crippen LogP contribution in [0.25, 0.3) is 0 Å². The summed E-state index contributed by atoms with van der Waals surface area (Å²) in [5.41, 5.74) is 0. The number of carboxylic acid groups (broad SMARTS) is 1. The fourth-order valence-electron chi connectivity index (χ4n) is 1.73. The van der Waals surface area contributed by atoms with Crippen LogP contribution in [0.3, 0.4) is 0 Å². The number of aliphatic carboxylic acids is 1. The molecule has 0 aromatic heterocycles. The van der Waals surface area contributed by atoms with Gasteiger partial charge in [-0.1, -0.05) is 12.8 Å². The highest BCUT2D eigenvalue weighted by Gasteiger charge is 2.31. The van der Waals surface area contributed by atoms with Crippen LogP contribution in [0.2, 0.25) is 0 Å². The zero-order valence-corrected chi connectivity index (χ0v) is 9.49. The van der Waals surface area contributed by atoms with Crippen LogP contribution in [0.15, 0.2) is 0 Å². The maximum atomic E-state index is 10.3. The van der Waals surface area contributed by atoms with Gasteiger partial charge in [-0.05, 0) is 26.7 Å². The highest BCUT2D eigenvalue weighted by molar-refractivity contribution is 5.66. The van der Waals surface area contributed by atoms with E-state index in [1.165, 1.54) is 0 Å². The lowest BCUT2D eigenvalue weighted by atomic mass is 10.1. The molecule has 1 fully saturated rings. The second kappa shape index (κ2) is 5.47. The van der Waals surface area contributed by atoms with E-state index in [1.54, 1.807) is 0 Å². The largest absolute Gasteiger partial charge is 0.481 e. The molecule has 0 spiro atoms. The van der Waals surface area contributed by atoms with Crippen LogP contribution >= 0.6 is 0 Å². The number of ether oxygens (including phenoxy) is 2. The van der Waals surface area contributed by atoms with Crippen LogP contribution in [0.5, 0.6) is 0 Å². The van der Waals surface area contributed by atoms with Gasteiger partial charge in [0.05, 0.1) is 12.7 Å². The summed E-state index contributed by atoms with van der Waals surface area (Å²) in [6.07, 6.45) is 4.14. The lowest BCUT2D eigenvalue weighted by Crippen LogP contribution is -2.21.